The zero-order chi connectivity index (χ0) is 11.7. The topological polar surface area (TPSA) is 27.1 Å². The van der Waals surface area contributed by atoms with Gasteiger partial charge in [0.15, 0.2) is 0 Å². The fourth-order valence-electron chi connectivity index (χ4n) is 3.09. The van der Waals surface area contributed by atoms with Crippen molar-refractivity contribution in [2.75, 3.05) is 13.2 Å². The van der Waals surface area contributed by atoms with Gasteiger partial charge in [-0.15, -0.1) is 0 Å². The molecule has 0 amide bonds. The molecular formula is C14H22N2O. The molecule has 0 bridgehead atoms. The molecular weight excluding hydrogens is 212 g/mol. The molecule has 1 unspecified atom stereocenters. The normalized spacial score (nSPS) is 25.8. The van der Waals surface area contributed by atoms with Gasteiger partial charge >= 0.3 is 0 Å². The number of imidazole rings is 1. The Bertz CT molecular complexity index is 380. The molecule has 0 aromatic carbocycles. The van der Waals surface area contributed by atoms with Gasteiger partial charge < -0.3 is 9.30 Å². The highest BCUT2D eigenvalue weighted by Crippen LogP contribution is 2.26. The van der Waals surface area contributed by atoms with Gasteiger partial charge in [0.1, 0.15) is 5.82 Å². The van der Waals surface area contributed by atoms with Crippen LogP contribution < -0.4 is 0 Å². The van der Waals surface area contributed by atoms with Crippen LogP contribution >= 0.6 is 0 Å². The third kappa shape index (κ3) is 2.39. The zero-order valence-corrected chi connectivity index (χ0v) is 10.7. The predicted molar refractivity (Wildman–Crippen MR) is 67.1 cm³/mol. The first-order chi connectivity index (χ1) is 8.33. The second-order valence-electron chi connectivity index (χ2n) is 5.56. The summed E-state index contributed by atoms with van der Waals surface area (Å²) in [5.74, 6) is 2.10. The van der Waals surface area contributed by atoms with Crippen LogP contribution in [0, 0.1) is 5.92 Å². The first-order valence-corrected chi connectivity index (χ1v) is 6.97. The standard InChI is InChI=1S/C14H22N2O/c1-11-3-2-4-14-15-13(10-16(11)14)9-12-5-7-17-8-6-12/h10-12H,2-9H2,1H3. The quantitative estimate of drug-likeness (QED) is 0.786. The minimum absolute atomic E-state index is 0.648. The Hall–Kier alpha value is -0.830. The van der Waals surface area contributed by atoms with Crippen LogP contribution in [0.1, 0.15) is 50.2 Å². The molecule has 94 valence electrons. The Labute approximate surface area is 103 Å². The Morgan fingerprint density at radius 2 is 2.18 bits per heavy atom. The average molecular weight is 234 g/mol. The monoisotopic (exact) mass is 234 g/mol. The molecule has 3 heterocycles. The second-order valence-corrected chi connectivity index (χ2v) is 5.56. The van der Waals surface area contributed by atoms with E-state index in [9.17, 15) is 0 Å². The van der Waals surface area contributed by atoms with Crippen LogP contribution in [0.25, 0.3) is 0 Å². The molecule has 1 fully saturated rings. The van der Waals surface area contributed by atoms with Gasteiger partial charge in [0, 0.05) is 31.9 Å². The summed E-state index contributed by atoms with van der Waals surface area (Å²) in [6.45, 7) is 4.19. The molecule has 2 aliphatic rings. The number of rotatable bonds is 2. The summed E-state index contributed by atoms with van der Waals surface area (Å²) >= 11 is 0. The van der Waals surface area contributed by atoms with Gasteiger partial charge in [-0.25, -0.2) is 4.98 Å². The van der Waals surface area contributed by atoms with E-state index >= 15 is 0 Å². The smallest absolute Gasteiger partial charge is 0.109 e. The van der Waals surface area contributed by atoms with Gasteiger partial charge in [0.25, 0.3) is 0 Å². The summed E-state index contributed by atoms with van der Waals surface area (Å²) in [4.78, 5) is 4.82. The number of ether oxygens (including phenoxy) is 1. The molecule has 0 saturated carbocycles. The second kappa shape index (κ2) is 4.81. The minimum Gasteiger partial charge on any atom is -0.381 e. The third-order valence-corrected chi connectivity index (χ3v) is 4.19. The highest BCUT2D eigenvalue weighted by atomic mass is 16.5. The molecule has 0 N–H and O–H groups in total. The minimum atomic E-state index is 0.648. The van der Waals surface area contributed by atoms with Crippen molar-refractivity contribution >= 4 is 0 Å². The number of hydrogen-bond donors (Lipinski definition) is 0. The first-order valence-electron chi connectivity index (χ1n) is 6.97. The van der Waals surface area contributed by atoms with Crippen LogP contribution in [0.5, 0.6) is 0 Å². The van der Waals surface area contributed by atoms with Crippen molar-refractivity contribution in [2.45, 2.75) is 51.5 Å². The van der Waals surface area contributed by atoms with Crippen LogP contribution in [-0.4, -0.2) is 22.8 Å². The summed E-state index contributed by atoms with van der Waals surface area (Å²) < 4.78 is 7.81. The maximum Gasteiger partial charge on any atom is 0.109 e. The average Bonchev–Trinajstić information content (AvgIpc) is 2.74. The van der Waals surface area contributed by atoms with Gasteiger partial charge in [-0.1, -0.05) is 0 Å². The van der Waals surface area contributed by atoms with E-state index < -0.39 is 0 Å². The lowest BCUT2D eigenvalue weighted by molar-refractivity contribution is 0.0663. The number of fused-ring (bicyclic) bond motifs is 1. The van der Waals surface area contributed by atoms with E-state index in [2.05, 4.69) is 17.7 Å². The van der Waals surface area contributed by atoms with E-state index in [4.69, 9.17) is 9.72 Å². The lowest BCUT2D eigenvalue weighted by Crippen LogP contribution is -2.17. The van der Waals surface area contributed by atoms with Crippen LogP contribution in [0.2, 0.25) is 0 Å². The number of aromatic nitrogens is 2. The molecule has 3 nitrogen and oxygen atoms in total. The SMILES string of the molecule is CC1CCCc2nc(CC3CCOCC3)cn21. The predicted octanol–water partition coefficient (Wildman–Crippen LogP) is 2.75. The van der Waals surface area contributed by atoms with Crippen molar-refractivity contribution in [3.05, 3.63) is 17.7 Å². The lowest BCUT2D eigenvalue weighted by atomic mass is 9.95. The summed E-state index contributed by atoms with van der Waals surface area (Å²) in [7, 11) is 0. The molecule has 1 atom stereocenters. The van der Waals surface area contributed by atoms with Crippen molar-refractivity contribution in [2.24, 2.45) is 5.92 Å². The summed E-state index contributed by atoms with van der Waals surface area (Å²) in [5, 5.41) is 0. The van der Waals surface area contributed by atoms with Crippen molar-refractivity contribution in [1.29, 1.82) is 0 Å². The number of nitrogens with zero attached hydrogens (tertiary/aromatic N) is 2. The lowest BCUT2D eigenvalue weighted by Gasteiger charge is -2.21. The summed E-state index contributed by atoms with van der Waals surface area (Å²) in [5.41, 5.74) is 1.31. The molecule has 3 heteroatoms. The Morgan fingerprint density at radius 1 is 1.35 bits per heavy atom. The maximum absolute atomic E-state index is 5.41. The van der Waals surface area contributed by atoms with Crippen LogP contribution in [0.15, 0.2) is 6.20 Å². The third-order valence-electron chi connectivity index (χ3n) is 4.19. The van der Waals surface area contributed by atoms with Gasteiger partial charge in [-0.05, 0) is 44.9 Å². The summed E-state index contributed by atoms with van der Waals surface area (Å²) in [6.07, 6.45) is 9.63. The fourth-order valence-corrected chi connectivity index (χ4v) is 3.09. The Morgan fingerprint density at radius 3 is 2.94 bits per heavy atom. The van der Waals surface area contributed by atoms with Crippen molar-refractivity contribution in [3.63, 3.8) is 0 Å². The van der Waals surface area contributed by atoms with Crippen LogP contribution in [0.4, 0.5) is 0 Å². The molecule has 17 heavy (non-hydrogen) atoms. The highest BCUT2D eigenvalue weighted by molar-refractivity contribution is 5.08. The number of aryl methyl sites for hydroxylation is 1. The summed E-state index contributed by atoms with van der Waals surface area (Å²) in [6, 6.07) is 0.648. The molecule has 1 saturated heterocycles. The van der Waals surface area contributed by atoms with E-state index in [-0.39, 0.29) is 0 Å². The molecule has 0 spiro atoms. The highest BCUT2D eigenvalue weighted by Gasteiger charge is 2.20. The van der Waals surface area contributed by atoms with Gasteiger partial charge in [-0.2, -0.15) is 0 Å². The van der Waals surface area contributed by atoms with Gasteiger partial charge in [0.2, 0.25) is 0 Å². The van der Waals surface area contributed by atoms with Crippen molar-refractivity contribution in [1.82, 2.24) is 9.55 Å². The Balaban J connectivity index is 1.71. The van der Waals surface area contributed by atoms with E-state index in [1.807, 2.05) is 0 Å². The van der Waals surface area contributed by atoms with Gasteiger partial charge in [-0.3, -0.25) is 0 Å². The van der Waals surface area contributed by atoms with Crippen molar-refractivity contribution in [3.8, 4) is 0 Å². The van der Waals surface area contributed by atoms with E-state index in [0.29, 0.717) is 6.04 Å². The molecule has 1 aromatic heterocycles. The maximum atomic E-state index is 5.41. The molecule has 0 aliphatic carbocycles. The van der Waals surface area contributed by atoms with E-state index in [1.54, 1.807) is 0 Å². The van der Waals surface area contributed by atoms with Crippen molar-refractivity contribution < 1.29 is 4.74 Å². The molecule has 3 rings (SSSR count). The molecule has 1 aromatic rings. The van der Waals surface area contributed by atoms with E-state index in [0.717, 1.165) is 32.0 Å². The van der Waals surface area contributed by atoms with Gasteiger partial charge in [0.05, 0.1) is 5.69 Å². The molecule has 2 aliphatic heterocycles. The fraction of sp³-hybridized carbons (Fsp3) is 0.786. The number of hydrogen-bond acceptors (Lipinski definition) is 2. The van der Waals surface area contributed by atoms with Crippen LogP contribution in [0.3, 0.4) is 0 Å². The molecule has 0 radical (unpaired) electrons. The largest absolute Gasteiger partial charge is 0.381 e. The van der Waals surface area contributed by atoms with Crippen LogP contribution in [-0.2, 0) is 17.6 Å². The Kier molecular flexibility index (Phi) is 3.19. The van der Waals surface area contributed by atoms with E-state index in [1.165, 1.54) is 37.2 Å². The zero-order valence-electron chi connectivity index (χ0n) is 10.7. The first kappa shape index (κ1) is 11.3.